The number of carbonyl (C=O) groups excluding carboxylic acids is 1. The van der Waals surface area contributed by atoms with Crippen LogP contribution in [0.5, 0.6) is 5.75 Å². The summed E-state index contributed by atoms with van der Waals surface area (Å²) in [5.74, 6) is 0.778. The molecule has 0 saturated carbocycles. The van der Waals surface area contributed by atoms with Gasteiger partial charge in [0.1, 0.15) is 12.1 Å². The molecule has 0 aliphatic carbocycles. The molecule has 1 aliphatic heterocycles. The summed E-state index contributed by atoms with van der Waals surface area (Å²) in [6.45, 7) is 1.22. The van der Waals surface area contributed by atoms with Gasteiger partial charge in [0, 0.05) is 6.54 Å². The Kier molecular flexibility index (Phi) is 2.68. The van der Waals surface area contributed by atoms with E-state index in [0.29, 0.717) is 13.2 Å². The molecule has 0 spiro atoms. The molecule has 3 rings (SSSR count). The van der Waals surface area contributed by atoms with Crippen LogP contribution < -0.4 is 9.64 Å². The van der Waals surface area contributed by atoms with Crippen molar-refractivity contribution in [2.45, 2.75) is 6.42 Å². The Labute approximate surface area is 104 Å². The van der Waals surface area contributed by atoms with E-state index in [1.54, 1.807) is 4.90 Å². The molecule has 1 N–H and O–H groups in total. The second kappa shape index (κ2) is 4.48. The van der Waals surface area contributed by atoms with Gasteiger partial charge >= 0.3 is 0 Å². The van der Waals surface area contributed by atoms with Crippen LogP contribution in [-0.4, -0.2) is 34.2 Å². The Morgan fingerprint density at radius 1 is 1.39 bits per heavy atom. The number of fused-ring (bicyclic) bond motifs is 1. The van der Waals surface area contributed by atoms with E-state index in [1.807, 2.05) is 24.3 Å². The summed E-state index contributed by atoms with van der Waals surface area (Å²) in [6, 6.07) is 7.51. The van der Waals surface area contributed by atoms with E-state index in [2.05, 4.69) is 15.2 Å². The maximum absolute atomic E-state index is 12.3. The van der Waals surface area contributed by atoms with Crippen LogP contribution in [0.15, 0.2) is 30.6 Å². The molecule has 0 radical (unpaired) electrons. The number of H-pyrrole nitrogens is 1. The Morgan fingerprint density at radius 2 is 2.28 bits per heavy atom. The number of hydrogen-bond donors (Lipinski definition) is 1. The van der Waals surface area contributed by atoms with Gasteiger partial charge in [-0.05, 0) is 18.6 Å². The normalized spacial score (nSPS) is 14.6. The molecule has 2 aromatic rings. The van der Waals surface area contributed by atoms with E-state index < -0.39 is 0 Å². The number of carbonyl (C=O) groups is 1. The predicted octanol–water partition coefficient (Wildman–Crippen LogP) is 1.23. The number of hydrogen-bond acceptors (Lipinski definition) is 4. The lowest BCUT2D eigenvalue weighted by atomic mass is 10.2. The van der Waals surface area contributed by atoms with Crippen LogP contribution in [0, 0.1) is 0 Å². The number of anilines is 1. The van der Waals surface area contributed by atoms with Crippen LogP contribution in [0.4, 0.5) is 5.69 Å². The molecule has 18 heavy (non-hydrogen) atoms. The SMILES string of the molecule is O=C(c1ncn[nH]1)N1CCCOc2ccccc21. The molecule has 0 saturated heterocycles. The van der Waals surface area contributed by atoms with Crippen molar-refractivity contribution >= 4 is 11.6 Å². The number of aromatic nitrogens is 3. The third-order valence-electron chi connectivity index (χ3n) is 2.80. The molecule has 0 fully saturated rings. The summed E-state index contributed by atoms with van der Waals surface area (Å²) in [6.07, 6.45) is 2.11. The van der Waals surface area contributed by atoms with Gasteiger partial charge in [-0.1, -0.05) is 12.1 Å². The molecule has 6 heteroatoms. The number of aromatic amines is 1. The fourth-order valence-corrected chi connectivity index (χ4v) is 1.97. The molecule has 0 unspecified atom stereocenters. The minimum Gasteiger partial charge on any atom is -0.491 e. The molecule has 0 atom stereocenters. The first kappa shape index (κ1) is 10.8. The zero-order valence-electron chi connectivity index (χ0n) is 9.67. The van der Waals surface area contributed by atoms with Crippen molar-refractivity contribution in [3.05, 3.63) is 36.4 Å². The lowest BCUT2D eigenvalue weighted by Gasteiger charge is -2.20. The number of rotatable bonds is 1. The highest BCUT2D eigenvalue weighted by molar-refractivity contribution is 6.04. The minimum absolute atomic E-state index is 0.189. The van der Waals surface area contributed by atoms with Crippen LogP contribution in [0.2, 0.25) is 0 Å². The summed E-state index contributed by atoms with van der Waals surface area (Å²) >= 11 is 0. The van der Waals surface area contributed by atoms with Crippen LogP contribution >= 0.6 is 0 Å². The number of amides is 1. The van der Waals surface area contributed by atoms with Crippen molar-refractivity contribution in [2.24, 2.45) is 0 Å². The third kappa shape index (κ3) is 1.81. The second-order valence-electron chi connectivity index (χ2n) is 3.96. The zero-order valence-corrected chi connectivity index (χ0v) is 9.67. The van der Waals surface area contributed by atoms with Crippen molar-refractivity contribution < 1.29 is 9.53 Å². The number of nitrogens with one attached hydrogen (secondary N) is 1. The average molecular weight is 244 g/mol. The topological polar surface area (TPSA) is 71.1 Å². The van der Waals surface area contributed by atoms with E-state index in [9.17, 15) is 4.79 Å². The van der Waals surface area contributed by atoms with E-state index in [1.165, 1.54) is 6.33 Å². The highest BCUT2D eigenvalue weighted by Gasteiger charge is 2.24. The first-order valence-corrected chi connectivity index (χ1v) is 5.75. The second-order valence-corrected chi connectivity index (χ2v) is 3.96. The molecule has 6 nitrogen and oxygen atoms in total. The summed E-state index contributed by atoms with van der Waals surface area (Å²) < 4.78 is 5.61. The van der Waals surface area contributed by atoms with Crippen molar-refractivity contribution in [3.8, 4) is 5.75 Å². The first-order chi connectivity index (χ1) is 8.86. The summed E-state index contributed by atoms with van der Waals surface area (Å²) in [4.78, 5) is 17.9. The molecule has 0 bridgehead atoms. The molecule has 92 valence electrons. The van der Waals surface area contributed by atoms with Gasteiger partial charge in [-0.3, -0.25) is 9.89 Å². The van der Waals surface area contributed by atoms with Crippen LogP contribution in [0.25, 0.3) is 0 Å². The first-order valence-electron chi connectivity index (χ1n) is 5.75. The van der Waals surface area contributed by atoms with E-state index >= 15 is 0 Å². The summed E-state index contributed by atoms with van der Waals surface area (Å²) in [5.41, 5.74) is 0.774. The van der Waals surface area contributed by atoms with Gasteiger partial charge in [-0.2, -0.15) is 5.10 Å². The van der Waals surface area contributed by atoms with E-state index in [0.717, 1.165) is 17.9 Å². The van der Waals surface area contributed by atoms with Gasteiger partial charge in [0.2, 0.25) is 5.82 Å². The number of benzene rings is 1. The lowest BCUT2D eigenvalue weighted by Crippen LogP contribution is -2.32. The fourth-order valence-electron chi connectivity index (χ4n) is 1.97. The highest BCUT2D eigenvalue weighted by atomic mass is 16.5. The number of nitrogens with zero attached hydrogens (tertiary/aromatic N) is 3. The number of para-hydroxylation sites is 2. The van der Waals surface area contributed by atoms with Gasteiger partial charge < -0.3 is 9.64 Å². The van der Waals surface area contributed by atoms with Gasteiger partial charge in [0.15, 0.2) is 0 Å². The van der Waals surface area contributed by atoms with Gasteiger partial charge in [0.05, 0.1) is 12.3 Å². The lowest BCUT2D eigenvalue weighted by molar-refractivity contribution is 0.0977. The molecule has 1 aromatic carbocycles. The van der Waals surface area contributed by atoms with Gasteiger partial charge in [0.25, 0.3) is 5.91 Å². The summed E-state index contributed by atoms with van der Waals surface area (Å²) in [5, 5.41) is 6.29. The van der Waals surface area contributed by atoms with Crippen LogP contribution in [0.3, 0.4) is 0 Å². The van der Waals surface area contributed by atoms with Crippen molar-refractivity contribution in [1.82, 2.24) is 15.2 Å². The Hall–Kier alpha value is -2.37. The Bertz CT molecular complexity index is 553. The quantitative estimate of drug-likeness (QED) is 0.819. The van der Waals surface area contributed by atoms with Crippen molar-refractivity contribution in [1.29, 1.82) is 0 Å². The Morgan fingerprint density at radius 3 is 3.11 bits per heavy atom. The van der Waals surface area contributed by atoms with Crippen molar-refractivity contribution in [3.63, 3.8) is 0 Å². The van der Waals surface area contributed by atoms with E-state index in [4.69, 9.17) is 4.74 Å². The van der Waals surface area contributed by atoms with Crippen LogP contribution in [0.1, 0.15) is 17.0 Å². The molecule has 2 heterocycles. The third-order valence-corrected chi connectivity index (χ3v) is 2.80. The van der Waals surface area contributed by atoms with Crippen LogP contribution in [-0.2, 0) is 0 Å². The minimum atomic E-state index is -0.189. The standard InChI is InChI=1S/C12H12N4O2/c17-12(11-13-8-14-15-11)16-6-3-7-18-10-5-2-1-4-9(10)16/h1-2,4-5,8H,3,6-7H2,(H,13,14,15). The monoisotopic (exact) mass is 244 g/mol. The predicted molar refractivity (Wildman–Crippen MR) is 64.6 cm³/mol. The molecular formula is C12H12N4O2. The highest BCUT2D eigenvalue weighted by Crippen LogP contribution is 2.30. The average Bonchev–Trinajstić information content (AvgIpc) is 2.85. The Balaban J connectivity index is 1.99. The molecular weight excluding hydrogens is 232 g/mol. The largest absolute Gasteiger partial charge is 0.491 e. The molecule has 1 aliphatic rings. The van der Waals surface area contributed by atoms with Crippen molar-refractivity contribution in [2.75, 3.05) is 18.1 Å². The fraction of sp³-hybridized carbons (Fsp3) is 0.250. The maximum Gasteiger partial charge on any atom is 0.295 e. The van der Waals surface area contributed by atoms with Gasteiger partial charge in [-0.15, -0.1) is 0 Å². The smallest absolute Gasteiger partial charge is 0.295 e. The molecule has 1 amide bonds. The van der Waals surface area contributed by atoms with E-state index in [-0.39, 0.29) is 11.7 Å². The zero-order chi connectivity index (χ0) is 12.4. The van der Waals surface area contributed by atoms with Gasteiger partial charge in [-0.25, -0.2) is 4.98 Å². The molecule has 1 aromatic heterocycles. The number of ether oxygens (including phenoxy) is 1. The summed E-state index contributed by atoms with van der Waals surface area (Å²) in [7, 11) is 0. The maximum atomic E-state index is 12.3.